The van der Waals surface area contributed by atoms with Crippen LogP contribution in [0.5, 0.6) is 0 Å². The lowest BCUT2D eigenvalue weighted by Gasteiger charge is -1.95. The normalized spacial score (nSPS) is 9.75. The van der Waals surface area contributed by atoms with E-state index in [4.69, 9.17) is 5.11 Å². The number of aliphatic carboxylic acids is 1. The van der Waals surface area contributed by atoms with Crippen molar-refractivity contribution in [3.63, 3.8) is 0 Å². The van der Waals surface area contributed by atoms with E-state index in [1.165, 1.54) is 6.92 Å². The molecule has 12 heavy (non-hydrogen) atoms. The molecule has 0 aromatic carbocycles. The Bertz CT molecular complexity index is 314. The third kappa shape index (κ3) is 1.72. The van der Waals surface area contributed by atoms with E-state index in [9.17, 15) is 9.59 Å². The van der Waals surface area contributed by atoms with Gasteiger partial charge in [-0.2, -0.15) is 0 Å². The lowest BCUT2D eigenvalue weighted by atomic mass is 10.1. The largest absolute Gasteiger partial charge is 0.481 e. The number of aromatic nitrogens is 1. The summed E-state index contributed by atoms with van der Waals surface area (Å²) in [7, 11) is 0. The summed E-state index contributed by atoms with van der Waals surface area (Å²) in [6.07, 6.45) is 1.45. The van der Waals surface area contributed by atoms with E-state index in [1.807, 2.05) is 0 Å². The van der Waals surface area contributed by atoms with Gasteiger partial charge < -0.3 is 10.1 Å². The van der Waals surface area contributed by atoms with Gasteiger partial charge in [-0.1, -0.05) is 0 Å². The van der Waals surface area contributed by atoms with Crippen LogP contribution < -0.4 is 0 Å². The molecule has 0 saturated carbocycles. The maximum absolute atomic E-state index is 10.9. The number of hydrogen-bond acceptors (Lipinski definition) is 2. The van der Waals surface area contributed by atoms with Gasteiger partial charge in [-0.3, -0.25) is 9.59 Å². The van der Waals surface area contributed by atoms with E-state index in [0.29, 0.717) is 11.3 Å². The maximum atomic E-state index is 10.9. The highest BCUT2D eigenvalue weighted by Gasteiger charge is 2.10. The predicted molar refractivity (Wildman–Crippen MR) is 42.1 cm³/mol. The number of Topliss-reactive ketones (excluding diaryl/α,β-unsaturated/α-hetero) is 1. The number of H-pyrrole nitrogens is 1. The van der Waals surface area contributed by atoms with E-state index in [1.54, 1.807) is 12.3 Å². The second-order valence-electron chi connectivity index (χ2n) is 2.50. The fraction of sp³-hybridized carbons (Fsp3) is 0.250. The Morgan fingerprint density at radius 3 is 2.75 bits per heavy atom. The Hall–Kier alpha value is -1.58. The second kappa shape index (κ2) is 3.21. The van der Waals surface area contributed by atoms with Gasteiger partial charge in [0.05, 0.1) is 12.1 Å². The smallest absolute Gasteiger partial charge is 0.307 e. The van der Waals surface area contributed by atoms with Crippen molar-refractivity contribution in [1.29, 1.82) is 0 Å². The molecule has 0 bridgehead atoms. The lowest BCUT2D eigenvalue weighted by molar-refractivity contribution is -0.136. The summed E-state index contributed by atoms with van der Waals surface area (Å²) in [6, 6.07) is 1.60. The number of rotatable bonds is 3. The van der Waals surface area contributed by atoms with Crippen LogP contribution in [0.4, 0.5) is 0 Å². The van der Waals surface area contributed by atoms with Gasteiger partial charge in [0.2, 0.25) is 0 Å². The fourth-order valence-corrected chi connectivity index (χ4v) is 1.04. The SMILES string of the molecule is CC(=O)c1[nH]ccc1CC(=O)O. The van der Waals surface area contributed by atoms with Crippen LogP contribution in [-0.2, 0) is 11.2 Å². The van der Waals surface area contributed by atoms with Crippen molar-refractivity contribution in [2.24, 2.45) is 0 Å². The summed E-state index contributed by atoms with van der Waals surface area (Å²) in [5.41, 5.74) is 0.924. The molecule has 0 amide bonds. The molecule has 4 heteroatoms. The number of carboxylic acid groups (broad SMARTS) is 1. The molecule has 0 atom stereocenters. The molecular formula is C8H9NO3. The first-order chi connectivity index (χ1) is 5.61. The average molecular weight is 167 g/mol. The molecule has 0 radical (unpaired) electrons. The molecule has 0 aliphatic heterocycles. The van der Waals surface area contributed by atoms with Gasteiger partial charge in [-0.05, 0) is 11.6 Å². The van der Waals surface area contributed by atoms with Crippen molar-refractivity contribution >= 4 is 11.8 Å². The molecule has 2 N–H and O–H groups in total. The minimum atomic E-state index is -0.933. The van der Waals surface area contributed by atoms with Crippen LogP contribution in [0, 0.1) is 0 Å². The molecule has 1 aromatic rings. The summed E-state index contributed by atoms with van der Waals surface area (Å²) in [5.74, 6) is -1.08. The fourth-order valence-electron chi connectivity index (χ4n) is 1.04. The standard InChI is InChI=1S/C8H9NO3/c1-5(10)8-6(2-3-9-8)4-7(11)12/h2-3,9H,4H2,1H3,(H,11,12). The molecule has 0 spiro atoms. The number of hydrogen-bond donors (Lipinski definition) is 2. The van der Waals surface area contributed by atoms with Crippen LogP contribution in [0.2, 0.25) is 0 Å². The number of ketones is 1. The highest BCUT2D eigenvalue weighted by Crippen LogP contribution is 2.07. The summed E-state index contributed by atoms with van der Waals surface area (Å²) in [5, 5.41) is 8.47. The van der Waals surface area contributed by atoms with Crippen molar-refractivity contribution in [3.8, 4) is 0 Å². The first kappa shape index (κ1) is 8.52. The van der Waals surface area contributed by atoms with E-state index in [0.717, 1.165) is 0 Å². The van der Waals surface area contributed by atoms with Crippen molar-refractivity contribution in [2.75, 3.05) is 0 Å². The van der Waals surface area contributed by atoms with E-state index in [-0.39, 0.29) is 12.2 Å². The third-order valence-electron chi connectivity index (χ3n) is 1.53. The number of carbonyl (C=O) groups excluding carboxylic acids is 1. The highest BCUT2D eigenvalue weighted by atomic mass is 16.4. The van der Waals surface area contributed by atoms with Gasteiger partial charge in [0.15, 0.2) is 5.78 Å². The highest BCUT2D eigenvalue weighted by molar-refractivity contribution is 5.94. The molecule has 0 aliphatic rings. The molecule has 0 aliphatic carbocycles. The van der Waals surface area contributed by atoms with Gasteiger partial charge in [0.1, 0.15) is 0 Å². The first-order valence-corrected chi connectivity index (χ1v) is 3.50. The van der Waals surface area contributed by atoms with Crippen LogP contribution in [0.3, 0.4) is 0 Å². The molecular weight excluding hydrogens is 158 g/mol. The summed E-state index contributed by atoms with van der Waals surface area (Å²) < 4.78 is 0. The van der Waals surface area contributed by atoms with Crippen molar-refractivity contribution in [3.05, 3.63) is 23.5 Å². The Kier molecular flexibility index (Phi) is 2.28. The van der Waals surface area contributed by atoms with Crippen molar-refractivity contribution < 1.29 is 14.7 Å². The van der Waals surface area contributed by atoms with Gasteiger partial charge in [-0.25, -0.2) is 0 Å². The van der Waals surface area contributed by atoms with Gasteiger partial charge in [0, 0.05) is 13.1 Å². The molecule has 0 saturated heterocycles. The third-order valence-corrected chi connectivity index (χ3v) is 1.53. The van der Waals surface area contributed by atoms with Crippen molar-refractivity contribution in [1.82, 2.24) is 4.98 Å². The van der Waals surface area contributed by atoms with Crippen LogP contribution in [0.25, 0.3) is 0 Å². The molecule has 1 rings (SSSR count). The Labute approximate surface area is 69.2 Å². The van der Waals surface area contributed by atoms with Crippen LogP contribution >= 0.6 is 0 Å². The van der Waals surface area contributed by atoms with Gasteiger partial charge >= 0.3 is 5.97 Å². The lowest BCUT2D eigenvalue weighted by Crippen LogP contribution is -2.04. The molecule has 1 heterocycles. The van der Waals surface area contributed by atoms with Crippen LogP contribution in [0.15, 0.2) is 12.3 Å². The van der Waals surface area contributed by atoms with E-state index in [2.05, 4.69) is 4.98 Å². The zero-order valence-electron chi connectivity index (χ0n) is 6.63. The second-order valence-corrected chi connectivity index (χ2v) is 2.50. The molecule has 64 valence electrons. The minimum absolute atomic E-state index is 0.113. The molecule has 0 unspecified atom stereocenters. The minimum Gasteiger partial charge on any atom is -0.481 e. The van der Waals surface area contributed by atoms with Crippen LogP contribution in [-0.4, -0.2) is 21.8 Å². The summed E-state index contributed by atoms with van der Waals surface area (Å²) >= 11 is 0. The van der Waals surface area contributed by atoms with E-state index >= 15 is 0 Å². The molecule has 4 nitrogen and oxygen atoms in total. The monoisotopic (exact) mass is 167 g/mol. The van der Waals surface area contributed by atoms with Crippen LogP contribution in [0.1, 0.15) is 23.0 Å². The topological polar surface area (TPSA) is 70.2 Å². The number of carbonyl (C=O) groups is 2. The van der Waals surface area contributed by atoms with E-state index < -0.39 is 5.97 Å². The quantitative estimate of drug-likeness (QED) is 0.655. The molecule has 0 fully saturated rings. The average Bonchev–Trinajstić information content (AvgIpc) is 2.33. The molecule has 1 aromatic heterocycles. The maximum Gasteiger partial charge on any atom is 0.307 e. The number of nitrogens with one attached hydrogen (secondary N) is 1. The van der Waals surface area contributed by atoms with Crippen molar-refractivity contribution in [2.45, 2.75) is 13.3 Å². The Morgan fingerprint density at radius 2 is 2.25 bits per heavy atom. The van der Waals surface area contributed by atoms with Gasteiger partial charge in [-0.15, -0.1) is 0 Å². The zero-order valence-corrected chi connectivity index (χ0v) is 6.63. The van der Waals surface area contributed by atoms with Gasteiger partial charge in [0.25, 0.3) is 0 Å². The number of aromatic amines is 1. The zero-order chi connectivity index (χ0) is 9.14. The summed E-state index contributed by atoms with van der Waals surface area (Å²) in [4.78, 5) is 23.9. The predicted octanol–water partition coefficient (Wildman–Crippen LogP) is 0.844. The Morgan fingerprint density at radius 1 is 1.58 bits per heavy atom. The first-order valence-electron chi connectivity index (χ1n) is 3.50. The Balaban J connectivity index is 2.91. The number of carboxylic acids is 1. The summed E-state index contributed by atoms with van der Waals surface area (Å²) in [6.45, 7) is 1.40.